The molecule has 17 heavy (non-hydrogen) atoms. The Balaban J connectivity index is 2.29. The van der Waals surface area contributed by atoms with Gasteiger partial charge in [0.1, 0.15) is 0 Å². The largest absolute Gasteiger partial charge is 0.476 e. The van der Waals surface area contributed by atoms with E-state index in [9.17, 15) is 4.79 Å². The van der Waals surface area contributed by atoms with Crippen LogP contribution in [0.2, 0.25) is 0 Å². The van der Waals surface area contributed by atoms with Gasteiger partial charge in [0.15, 0.2) is 11.5 Å². The van der Waals surface area contributed by atoms with Gasteiger partial charge in [0, 0.05) is 7.05 Å². The summed E-state index contributed by atoms with van der Waals surface area (Å²) in [5.74, 6) is 0.199. The molecule has 1 N–H and O–H groups in total. The van der Waals surface area contributed by atoms with Crippen LogP contribution >= 0.6 is 11.3 Å². The highest BCUT2D eigenvalue weighted by Gasteiger charge is 2.18. The molecule has 6 nitrogen and oxygen atoms in total. The summed E-state index contributed by atoms with van der Waals surface area (Å²) in [6.45, 7) is 0. The predicted octanol–water partition coefficient (Wildman–Crippen LogP) is 1.49. The smallest absolute Gasteiger partial charge is 0.356 e. The lowest BCUT2D eigenvalue weighted by Gasteiger charge is -1.94. The van der Waals surface area contributed by atoms with E-state index >= 15 is 0 Å². The van der Waals surface area contributed by atoms with Crippen molar-refractivity contribution in [2.75, 3.05) is 0 Å². The monoisotopic (exact) mass is 248 g/mol. The quantitative estimate of drug-likeness (QED) is 0.745. The Morgan fingerprint density at radius 1 is 1.53 bits per heavy atom. The van der Waals surface area contributed by atoms with Crippen LogP contribution in [0.5, 0.6) is 0 Å². The third kappa shape index (κ3) is 1.36. The second-order valence-corrected chi connectivity index (χ2v) is 4.47. The number of carboxylic acids is 1. The van der Waals surface area contributed by atoms with Crippen molar-refractivity contribution in [1.29, 1.82) is 0 Å². The number of imidazole rings is 1. The number of hydrogen-bond donors (Lipinski definition) is 1. The van der Waals surface area contributed by atoms with Gasteiger partial charge in [-0.1, -0.05) is 6.07 Å². The summed E-state index contributed by atoms with van der Waals surface area (Å²) < 4.78 is 3.12. The van der Waals surface area contributed by atoms with Gasteiger partial charge >= 0.3 is 5.97 Å². The van der Waals surface area contributed by atoms with Crippen LogP contribution in [0.25, 0.3) is 16.5 Å². The van der Waals surface area contributed by atoms with Crippen molar-refractivity contribution in [2.24, 2.45) is 7.05 Å². The fraction of sp³-hybridized carbons (Fsp3) is 0.100. The Bertz CT molecular complexity index is 695. The fourth-order valence-corrected chi connectivity index (χ4v) is 2.43. The number of rotatable bonds is 2. The molecular formula is C10H8N4O2S. The molecule has 0 aliphatic heterocycles. The highest BCUT2D eigenvalue weighted by molar-refractivity contribution is 7.13. The van der Waals surface area contributed by atoms with Crippen LogP contribution in [0.3, 0.4) is 0 Å². The standard InChI is InChI=1S/C10H8N4O2S/c1-13-8(7-3-2-4-17-7)12-14-6(9(15)16)5-11-10(13)14/h2-5H,1H3,(H,15,16). The number of aryl methyl sites for hydroxylation is 1. The maximum Gasteiger partial charge on any atom is 0.356 e. The fourth-order valence-electron chi connectivity index (χ4n) is 1.69. The van der Waals surface area contributed by atoms with E-state index in [1.54, 1.807) is 15.9 Å². The van der Waals surface area contributed by atoms with Gasteiger partial charge in [-0.3, -0.25) is 4.57 Å². The maximum absolute atomic E-state index is 11.0. The molecule has 0 amide bonds. The van der Waals surface area contributed by atoms with Crippen LogP contribution in [-0.2, 0) is 7.05 Å². The number of nitrogens with zero attached hydrogens (tertiary/aromatic N) is 4. The SMILES string of the molecule is Cn1c(-c2cccs2)nn2c(C(=O)O)cnc12. The van der Waals surface area contributed by atoms with Gasteiger partial charge in [-0.2, -0.15) is 4.52 Å². The first kappa shape index (κ1) is 10.0. The molecule has 0 atom stereocenters. The van der Waals surface area contributed by atoms with Gasteiger partial charge in [0.25, 0.3) is 0 Å². The van der Waals surface area contributed by atoms with Crippen molar-refractivity contribution in [3.8, 4) is 10.7 Å². The molecular weight excluding hydrogens is 240 g/mol. The topological polar surface area (TPSA) is 72.4 Å². The van der Waals surface area contributed by atoms with E-state index in [-0.39, 0.29) is 5.69 Å². The van der Waals surface area contributed by atoms with Crippen molar-refractivity contribution in [2.45, 2.75) is 0 Å². The molecule has 0 saturated heterocycles. The minimum atomic E-state index is -1.03. The van der Waals surface area contributed by atoms with Gasteiger partial charge in [-0.25, -0.2) is 9.78 Å². The molecule has 86 valence electrons. The van der Waals surface area contributed by atoms with Crippen molar-refractivity contribution in [3.63, 3.8) is 0 Å². The number of hydrogen-bond acceptors (Lipinski definition) is 4. The van der Waals surface area contributed by atoms with Gasteiger partial charge in [0.2, 0.25) is 5.78 Å². The summed E-state index contributed by atoms with van der Waals surface area (Å²) in [6, 6.07) is 3.86. The lowest BCUT2D eigenvalue weighted by atomic mass is 10.4. The highest BCUT2D eigenvalue weighted by Crippen LogP contribution is 2.24. The minimum Gasteiger partial charge on any atom is -0.476 e. The first-order valence-corrected chi connectivity index (χ1v) is 5.74. The minimum absolute atomic E-state index is 0.0680. The van der Waals surface area contributed by atoms with Crippen molar-refractivity contribution < 1.29 is 9.90 Å². The van der Waals surface area contributed by atoms with Crippen LogP contribution < -0.4 is 0 Å². The average molecular weight is 248 g/mol. The van der Waals surface area contributed by atoms with E-state index in [2.05, 4.69) is 10.1 Å². The van der Waals surface area contributed by atoms with Crippen LogP contribution in [0.15, 0.2) is 23.7 Å². The molecule has 0 aromatic carbocycles. The highest BCUT2D eigenvalue weighted by atomic mass is 32.1. The second-order valence-electron chi connectivity index (χ2n) is 3.52. The Labute approximate surface area is 99.8 Å². The lowest BCUT2D eigenvalue weighted by Crippen LogP contribution is -2.01. The summed E-state index contributed by atoms with van der Waals surface area (Å²) in [5.41, 5.74) is 0.0680. The number of fused-ring (bicyclic) bond motifs is 1. The third-order valence-electron chi connectivity index (χ3n) is 2.49. The van der Waals surface area contributed by atoms with E-state index in [0.717, 1.165) is 4.88 Å². The molecule has 0 fully saturated rings. The van der Waals surface area contributed by atoms with Crippen LogP contribution in [0.4, 0.5) is 0 Å². The molecule has 0 saturated carbocycles. The van der Waals surface area contributed by atoms with Crippen LogP contribution in [0.1, 0.15) is 10.5 Å². The Hall–Kier alpha value is -2.15. The van der Waals surface area contributed by atoms with Gasteiger partial charge in [-0.15, -0.1) is 16.4 Å². The van der Waals surface area contributed by atoms with Gasteiger partial charge in [-0.05, 0) is 11.4 Å². The molecule has 0 radical (unpaired) electrons. The molecule has 0 spiro atoms. The molecule has 0 aliphatic rings. The first-order valence-electron chi connectivity index (χ1n) is 4.86. The zero-order valence-corrected chi connectivity index (χ0v) is 9.68. The number of aromatic carboxylic acids is 1. The predicted molar refractivity (Wildman–Crippen MR) is 62.2 cm³/mol. The van der Waals surface area contributed by atoms with E-state index in [4.69, 9.17) is 5.11 Å². The molecule has 3 aromatic rings. The molecule has 0 unspecified atom stereocenters. The molecule has 0 aliphatic carbocycles. The summed E-state index contributed by atoms with van der Waals surface area (Å²) in [7, 11) is 1.82. The summed E-state index contributed by atoms with van der Waals surface area (Å²) in [4.78, 5) is 16.0. The summed E-state index contributed by atoms with van der Waals surface area (Å²) in [6.07, 6.45) is 1.31. The second kappa shape index (κ2) is 3.42. The molecule has 7 heteroatoms. The normalized spacial score (nSPS) is 11.1. The van der Waals surface area contributed by atoms with E-state index < -0.39 is 5.97 Å². The van der Waals surface area contributed by atoms with E-state index in [1.807, 2.05) is 24.6 Å². The molecule has 0 bridgehead atoms. The number of carbonyl (C=O) groups is 1. The molecule has 3 rings (SSSR count). The van der Waals surface area contributed by atoms with Crippen molar-refractivity contribution in [1.82, 2.24) is 19.2 Å². The zero-order chi connectivity index (χ0) is 12.0. The summed E-state index contributed by atoms with van der Waals surface area (Å²) in [5, 5.41) is 15.2. The lowest BCUT2D eigenvalue weighted by molar-refractivity contribution is 0.0688. The van der Waals surface area contributed by atoms with Crippen molar-refractivity contribution in [3.05, 3.63) is 29.4 Å². The first-order chi connectivity index (χ1) is 8.18. The maximum atomic E-state index is 11.0. The summed E-state index contributed by atoms with van der Waals surface area (Å²) >= 11 is 1.55. The molecule has 3 heterocycles. The Morgan fingerprint density at radius 3 is 3.00 bits per heavy atom. The zero-order valence-electron chi connectivity index (χ0n) is 8.86. The average Bonchev–Trinajstić information content (AvgIpc) is 2.95. The van der Waals surface area contributed by atoms with Crippen LogP contribution in [0, 0.1) is 0 Å². The Morgan fingerprint density at radius 2 is 2.35 bits per heavy atom. The number of aromatic nitrogens is 4. The molecule has 3 aromatic heterocycles. The van der Waals surface area contributed by atoms with Crippen LogP contribution in [-0.4, -0.2) is 30.2 Å². The Kier molecular flexibility index (Phi) is 2.02. The van der Waals surface area contributed by atoms with Crippen molar-refractivity contribution >= 4 is 23.1 Å². The number of thiophene rings is 1. The third-order valence-corrected chi connectivity index (χ3v) is 3.36. The number of carboxylic acid groups (broad SMARTS) is 1. The van der Waals surface area contributed by atoms with Gasteiger partial charge < -0.3 is 5.11 Å². The van der Waals surface area contributed by atoms with Gasteiger partial charge in [0.05, 0.1) is 11.1 Å². The van der Waals surface area contributed by atoms with E-state index in [1.165, 1.54) is 10.7 Å². The van der Waals surface area contributed by atoms with E-state index in [0.29, 0.717) is 11.6 Å².